The highest BCUT2D eigenvalue weighted by Gasteiger charge is 2.10. The molecule has 19 heavy (non-hydrogen) atoms. The summed E-state index contributed by atoms with van der Waals surface area (Å²) in [5.74, 6) is 1.57. The third kappa shape index (κ3) is 2.78. The minimum Gasteiger partial charge on any atom is -0.496 e. The van der Waals surface area contributed by atoms with E-state index in [0.717, 1.165) is 22.4 Å². The van der Waals surface area contributed by atoms with Crippen LogP contribution in [0.1, 0.15) is 25.3 Å². The fraction of sp³-hybridized carbons (Fsp3) is 0.267. The molecular formula is C15H18N2O2. The molecule has 2 aromatic rings. The van der Waals surface area contributed by atoms with Gasteiger partial charge in [0.25, 0.3) is 0 Å². The molecule has 100 valence electrons. The van der Waals surface area contributed by atoms with Crippen molar-refractivity contribution in [2.24, 2.45) is 0 Å². The maximum absolute atomic E-state index is 11.5. The van der Waals surface area contributed by atoms with E-state index in [4.69, 9.17) is 10.5 Å². The average Bonchev–Trinajstić information content (AvgIpc) is 2.36. The highest BCUT2D eigenvalue weighted by atomic mass is 16.5. The molecule has 0 radical (unpaired) electrons. The zero-order chi connectivity index (χ0) is 14.0. The first-order valence-corrected chi connectivity index (χ1v) is 6.19. The molecule has 4 heteroatoms. The lowest BCUT2D eigenvalue weighted by atomic mass is 9.96. The molecule has 4 nitrogen and oxygen atoms in total. The van der Waals surface area contributed by atoms with E-state index in [1.165, 1.54) is 0 Å². The number of ether oxygens (including phenoxy) is 1. The molecule has 0 aliphatic carbocycles. The van der Waals surface area contributed by atoms with Crippen LogP contribution >= 0.6 is 0 Å². The monoisotopic (exact) mass is 258 g/mol. The molecule has 0 aliphatic heterocycles. The summed E-state index contributed by atoms with van der Waals surface area (Å²) in [4.78, 5) is 14.0. The van der Waals surface area contributed by atoms with Crippen LogP contribution in [0.5, 0.6) is 5.75 Å². The Kier molecular flexibility index (Phi) is 3.60. The highest BCUT2D eigenvalue weighted by molar-refractivity contribution is 5.67. The van der Waals surface area contributed by atoms with Crippen molar-refractivity contribution in [3.8, 4) is 16.9 Å². The van der Waals surface area contributed by atoms with Crippen LogP contribution in [0.2, 0.25) is 0 Å². The van der Waals surface area contributed by atoms with Crippen LogP contribution in [0.3, 0.4) is 0 Å². The van der Waals surface area contributed by atoms with Gasteiger partial charge in [0.05, 0.1) is 7.11 Å². The Morgan fingerprint density at radius 2 is 1.89 bits per heavy atom. The molecule has 0 bridgehead atoms. The summed E-state index contributed by atoms with van der Waals surface area (Å²) in [7, 11) is 1.66. The van der Waals surface area contributed by atoms with Gasteiger partial charge in [0.1, 0.15) is 11.6 Å². The normalized spacial score (nSPS) is 10.7. The first kappa shape index (κ1) is 13.2. The van der Waals surface area contributed by atoms with E-state index in [1.54, 1.807) is 19.2 Å². The van der Waals surface area contributed by atoms with E-state index in [9.17, 15) is 4.79 Å². The zero-order valence-corrected chi connectivity index (χ0v) is 11.4. The molecule has 0 saturated heterocycles. The van der Waals surface area contributed by atoms with E-state index in [1.807, 2.05) is 18.2 Å². The van der Waals surface area contributed by atoms with E-state index in [2.05, 4.69) is 18.8 Å². The number of aromatic amines is 1. The molecule has 0 aliphatic rings. The second-order valence-corrected chi connectivity index (χ2v) is 4.80. The van der Waals surface area contributed by atoms with Gasteiger partial charge in [-0.15, -0.1) is 0 Å². The number of H-pyrrole nitrogens is 1. The fourth-order valence-corrected chi connectivity index (χ4v) is 2.10. The van der Waals surface area contributed by atoms with Gasteiger partial charge in [0, 0.05) is 6.07 Å². The van der Waals surface area contributed by atoms with Gasteiger partial charge < -0.3 is 15.5 Å². The number of anilines is 1. The van der Waals surface area contributed by atoms with Crippen LogP contribution in [0.4, 0.5) is 5.82 Å². The van der Waals surface area contributed by atoms with Crippen LogP contribution in [0.25, 0.3) is 11.1 Å². The van der Waals surface area contributed by atoms with Crippen molar-refractivity contribution in [1.82, 2.24) is 4.98 Å². The molecule has 0 spiro atoms. The van der Waals surface area contributed by atoms with Gasteiger partial charge in [0.2, 0.25) is 5.56 Å². The molecule has 1 aromatic heterocycles. The number of pyridine rings is 1. The highest BCUT2D eigenvalue weighted by Crippen LogP contribution is 2.31. The lowest BCUT2D eigenvalue weighted by Crippen LogP contribution is -2.07. The SMILES string of the molecule is COc1ccc(-c2cc(N)[nH]c(=O)c2)cc1C(C)C. The van der Waals surface area contributed by atoms with Gasteiger partial charge >= 0.3 is 0 Å². The van der Waals surface area contributed by atoms with Crippen LogP contribution in [0, 0.1) is 0 Å². The van der Waals surface area contributed by atoms with Crippen molar-refractivity contribution in [3.05, 3.63) is 46.2 Å². The smallest absolute Gasteiger partial charge is 0.250 e. The quantitative estimate of drug-likeness (QED) is 0.889. The van der Waals surface area contributed by atoms with Crippen molar-refractivity contribution in [2.45, 2.75) is 19.8 Å². The number of hydrogen-bond acceptors (Lipinski definition) is 3. The van der Waals surface area contributed by atoms with E-state index in [0.29, 0.717) is 11.7 Å². The molecule has 0 unspecified atom stereocenters. The molecule has 0 fully saturated rings. The summed E-state index contributed by atoms with van der Waals surface area (Å²) in [6.45, 7) is 4.21. The Hall–Kier alpha value is -2.23. The number of hydrogen-bond donors (Lipinski definition) is 2. The van der Waals surface area contributed by atoms with E-state index >= 15 is 0 Å². The molecular weight excluding hydrogens is 240 g/mol. The van der Waals surface area contributed by atoms with E-state index in [-0.39, 0.29) is 5.56 Å². The summed E-state index contributed by atoms with van der Waals surface area (Å²) in [6, 6.07) is 9.19. The number of nitrogens with one attached hydrogen (secondary N) is 1. The second kappa shape index (κ2) is 5.18. The van der Waals surface area contributed by atoms with Crippen molar-refractivity contribution >= 4 is 5.82 Å². The predicted molar refractivity (Wildman–Crippen MR) is 77.6 cm³/mol. The average molecular weight is 258 g/mol. The fourth-order valence-electron chi connectivity index (χ4n) is 2.10. The van der Waals surface area contributed by atoms with Crippen molar-refractivity contribution in [1.29, 1.82) is 0 Å². The zero-order valence-electron chi connectivity index (χ0n) is 11.4. The van der Waals surface area contributed by atoms with Gasteiger partial charge in [-0.2, -0.15) is 0 Å². The predicted octanol–water partition coefficient (Wildman–Crippen LogP) is 2.76. The third-order valence-corrected chi connectivity index (χ3v) is 3.05. The van der Waals surface area contributed by atoms with Crippen molar-refractivity contribution in [3.63, 3.8) is 0 Å². The number of benzene rings is 1. The van der Waals surface area contributed by atoms with Gasteiger partial charge in [0.15, 0.2) is 0 Å². The number of aromatic nitrogens is 1. The summed E-state index contributed by atoms with van der Waals surface area (Å²) in [6.07, 6.45) is 0. The topological polar surface area (TPSA) is 68.1 Å². The maximum Gasteiger partial charge on any atom is 0.250 e. The number of nitrogens with two attached hydrogens (primary N) is 1. The Balaban J connectivity index is 2.57. The summed E-state index contributed by atoms with van der Waals surface area (Å²) >= 11 is 0. The minimum absolute atomic E-state index is 0.197. The lowest BCUT2D eigenvalue weighted by Gasteiger charge is -2.13. The van der Waals surface area contributed by atoms with Gasteiger partial charge in [-0.3, -0.25) is 4.79 Å². The molecule has 2 rings (SSSR count). The first-order valence-electron chi connectivity index (χ1n) is 6.19. The summed E-state index contributed by atoms with van der Waals surface area (Å²) in [5.41, 5.74) is 8.35. The molecule has 1 heterocycles. The Bertz CT molecular complexity index is 645. The Morgan fingerprint density at radius 1 is 1.16 bits per heavy atom. The first-order chi connectivity index (χ1) is 9.01. The minimum atomic E-state index is -0.197. The Labute approximate surface area is 112 Å². The van der Waals surface area contributed by atoms with Crippen LogP contribution in [-0.4, -0.2) is 12.1 Å². The maximum atomic E-state index is 11.5. The number of rotatable bonds is 3. The van der Waals surface area contributed by atoms with Crippen LogP contribution in [0.15, 0.2) is 35.1 Å². The van der Waals surface area contributed by atoms with Crippen LogP contribution < -0.4 is 16.0 Å². The molecule has 1 aromatic carbocycles. The lowest BCUT2D eigenvalue weighted by molar-refractivity contribution is 0.407. The number of nitrogen functional groups attached to an aromatic ring is 1. The number of methoxy groups -OCH3 is 1. The summed E-state index contributed by atoms with van der Waals surface area (Å²) < 4.78 is 5.35. The standard InChI is InChI=1S/C15H18N2O2/c1-9(2)12-6-10(4-5-13(12)19-3)11-7-14(16)17-15(18)8-11/h4-9H,1-3H3,(H3,16,17,18). The third-order valence-electron chi connectivity index (χ3n) is 3.05. The van der Waals surface area contributed by atoms with Gasteiger partial charge in [-0.1, -0.05) is 19.9 Å². The van der Waals surface area contributed by atoms with Gasteiger partial charge in [-0.25, -0.2) is 0 Å². The van der Waals surface area contributed by atoms with E-state index < -0.39 is 0 Å². The molecule has 0 atom stereocenters. The molecule has 3 N–H and O–H groups in total. The molecule has 0 amide bonds. The largest absolute Gasteiger partial charge is 0.496 e. The second-order valence-electron chi connectivity index (χ2n) is 4.80. The van der Waals surface area contributed by atoms with Crippen LogP contribution in [-0.2, 0) is 0 Å². The van der Waals surface area contributed by atoms with Crippen molar-refractivity contribution in [2.75, 3.05) is 12.8 Å². The Morgan fingerprint density at radius 3 is 2.47 bits per heavy atom. The summed E-state index contributed by atoms with van der Waals surface area (Å²) in [5, 5.41) is 0. The van der Waals surface area contributed by atoms with Crippen molar-refractivity contribution < 1.29 is 4.74 Å². The van der Waals surface area contributed by atoms with Gasteiger partial charge in [-0.05, 0) is 40.8 Å². The molecule has 0 saturated carbocycles.